The molecule has 0 bridgehead atoms. The van der Waals surface area contributed by atoms with E-state index in [2.05, 4.69) is 10.0 Å². The lowest BCUT2D eigenvalue weighted by Gasteiger charge is -2.30. The van der Waals surface area contributed by atoms with Crippen molar-refractivity contribution in [2.24, 2.45) is 5.92 Å². The summed E-state index contributed by atoms with van der Waals surface area (Å²) in [6, 6.07) is 9.84. The van der Waals surface area contributed by atoms with Gasteiger partial charge < -0.3 is 10.1 Å². The smallest absolute Gasteiger partial charge is 0.223 e. The Kier molecular flexibility index (Phi) is 7.82. The average Bonchev–Trinajstić information content (AvgIpc) is 2.61. The maximum atomic E-state index is 12.3. The van der Waals surface area contributed by atoms with E-state index >= 15 is 0 Å². The summed E-state index contributed by atoms with van der Waals surface area (Å²) in [5, 5.41) is 2.92. The van der Waals surface area contributed by atoms with Crippen LogP contribution in [0, 0.1) is 5.92 Å². The lowest BCUT2D eigenvalue weighted by molar-refractivity contribution is -0.126. The first-order chi connectivity index (χ1) is 12.7. The van der Waals surface area contributed by atoms with Gasteiger partial charge in [0, 0.05) is 18.5 Å². The fraction of sp³-hybridized carbons (Fsp3) is 0.650. The van der Waals surface area contributed by atoms with Crippen molar-refractivity contribution in [1.82, 2.24) is 10.0 Å². The second-order valence-electron chi connectivity index (χ2n) is 8.11. The largest absolute Gasteiger partial charge is 0.375 e. The van der Waals surface area contributed by atoms with Crippen LogP contribution < -0.4 is 10.0 Å². The van der Waals surface area contributed by atoms with Gasteiger partial charge in [-0.3, -0.25) is 4.79 Å². The normalized spacial score (nSPS) is 21.0. The van der Waals surface area contributed by atoms with Crippen LogP contribution in [-0.2, 0) is 26.2 Å². The van der Waals surface area contributed by atoms with Gasteiger partial charge >= 0.3 is 0 Å². The summed E-state index contributed by atoms with van der Waals surface area (Å²) in [5.74, 6) is -0.00930. The van der Waals surface area contributed by atoms with Crippen LogP contribution in [0.5, 0.6) is 0 Å². The molecule has 0 heterocycles. The molecule has 0 spiro atoms. The number of sulfonamides is 1. The predicted octanol–water partition coefficient (Wildman–Crippen LogP) is 2.60. The van der Waals surface area contributed by atoms with Gasteiger partial charge in [0.1, 0.15) is 0 Å². The predicted molar refractivity (Wildman–Crippen MR) is 107 cm³/mol. The van der Waals surface area contributed by atoms with E-state index in [0.717, 1.165) is 5.56 Å². The topological polar surface area (TPSA) is 84.5 Å². The number of carbonyl (C=O) groups excluding carboxylic acids is 1. The number of nitrogens with one attached hydrogen (secondary N) is 2. The molecule has 1 aliphatic carbocycles. The summed E-state index contributed by atoms with van der Waals surface area (Å²) in [5.41, 5.74) is 1.11. The highest BCUT2D eigenvalue weighted by Gasteiger charge is 2.33. The van der Waals surface area contributed by atoms with Crippen molar-refractivity contribution >= 4 is 15.9 Å². The zero-order valence-corrected chi connectivity index (χ0v) is 17.3. The second kappa shape index (κ2) is 9.66. The van der Waals surface area contributed by atoms with Crippen molar-refractivity contribution < 1.29 is 17.9 Å². The first-order valence-electron chi connectivity index (χ1n) is 9.60. The van der Waals surface area contributed by atoms with Crippen molar-refractivity contribution in [2.75, 3.05) is 13.2 Å². The lowest BCUT2D eigenvalue weighted by atomic mass is 9.86. The Morgan fingerprint density at radius 3 is 2.33 bits per heavy atom. The third kappa shape index (κ3) is 6.90. The van der Waals surface area contributed by atoms with Gasteiger partial charge in [-0.05, 0) is 52.0 Å². The SMILES string of the molecule is CC(C)(C)S(=O)(=O)NC1CCC(C(=O)NCCOCc2ccccc2)CC1. The van der Waals surface area contributed by atoms with Crippen molar-refractivity contribution in [3.05, 3.63) is 35.9 Å². The standard InChI is InChI=1S/C20H32N2O4S/c1-20(2,3)27(24,25)22-18-11-9-17(10-12-18)19(23)21-13-14-26-15-16-7-5-4-6-8-16/h4-8,17-18,22H,9-15H2,1-3H3,(H,21,23). The van der Waals surface area contributed by atoms with Crippen LogP contribution in [0.4, 0.5) is 0 Å². The third-order valence-electron chi connectivity index (χ3n) is 4.88. The van der Waals surface area contributed by atoms with Gasteiger partial charge in [-0.25, -0.2) is 13.1 Å². The van der Waals surface area contributed by atoms with Gasteiger partial charge in [0.25, 0.3) is 0 Å². The number of benzene rings is 1. The van der Waals surface area contributed by atoms with Crippen LogP contribution in [0.2, 0.25) is 0 Å². The van der Waals surface area contributed by atoms with Crippen molar-refractivity contribution in [2.45, 2.75) is 63.9 Å². The number of hydrogen-bond acceptors (Lipinski definition) is 4. The zero-order chi connectivity index (χ0) is 19.9. The lowest BCUT2D eigenvalue weighted by Crippen LogP contribution is -2.46. The molecule has 1 amide bonds. The Morgan fingerprint density at radius 1 is 1.11 bits per heavy atom. The molecule has 2 rings (SSSR count). The molecule has 2 N–H and O–H groups in total. The van der Waals surface area contributed by atoms with E-state index in [0.29, 0.717) is 45.4 Å². The minimum atomic E-state index is -3.35. The fourth-order valence-electron chi connectivity index (χ4n) is 3.02. The molecule has 0 saturated heterocycles. The number of hydrogen-bond donors (Lipinski definition) is 2. The van der Waals surface area contributed by atoms with E-state index in [-0.39, 0.29) is 17.9 Å². The molecule has 1 aromatic rings. The van der Waals surface area contributed by atoms with Crippen LogP contribution in [0.3, 0.4) is 0 Å². The van der Waals surface area contributed by atoms with Crippen LogP contribution in [0.25, 0.3) is 0 Å². The Morgan fingerprint density at radius 2 is 1.74 bits per heavy atom. The molecule has 0 aliphatic heterocycles. The molecule has 0 unspecified atom stereocenters. The average molecular weight is 397 g/mol. The Labute approximate surface area is 163 Å². The van der Waals surface area contributed by atoms with Gasteiger partial charge in [0.2, 0.25) is 15.9 Å². The Bertz CT molecular complexity index is 690. The highest BCUT2D eigenvalue weighted by atomic mass is 32.2. The molecule has 1 fully saturated rings. The summed E-state index contributed by atoms with van der Waals surface area (Å²) in [7, 11) is -3.35. The maximum Gasteiger partial charge on any atom is 0.223 e. The maximum absolute atomic E-state index is 12.3. The van der Waals surface area contributed by atoms with E-state index in [1.165, 1.54) is 0 Å². The van der Waals surface area contributed by atoms with E-state index in [1.54, 1.807) is 20.8 Å². The quantitative estimate of drug-likeness (QED) is 0.662. The first kappa shape index (κ1) is 21.9. The van der Waals surface area contributed by atoms with Crippen molar-refractivity contribution in [3.8, 4) is 0 Å². The molecule has 7 heteroatoms. The van der Waals surface area contributed by atoms with Gasteiger partial charge in [-0.2, -0.15) is 0 Å². The van der Waals surface area contributed by atoms with Crippen molar-refractivity contribution in [3.63, 3.8) is 0 Å². The second-order valence-corrected chi connectivity index (χ2v) is 10.6. The van der Waals surface area contributed by atoms with Gasteiger partial charge in [-0.1, -0.05) is 30.3 Å². The fourth-order valence-corrected chi connectivity index (χ4v) is 4.05. The number of rotatable bonds is 8. The minimum absolute atomic E-state index is 0.0374. The zero-order valence-electron chi connectivity index (χ0n) is 16.5. The van der Waals surface area contributed by atoms with Gasteiger partial charge in [0.15, 0.2) is 0 Å². The number of amides is 1. The highest BCUT2D eigenvalue weighted by Crippen LogP contribution is 2.26. The summed E-state index contributed by atoms with van der Waals surface area (Å²) in [6.07, 6.45) is 2.79. The molecule has 27 heavy (non-hydrogen) atoms. The molecular formula is C20H32N2O4S. The monoisotopic (exact) mass is 396 g/mol. The third-order valence-corrected chi connectivity index (χ3v) is 7.14. The van der Waals surface area contributed by atoms with E-state index < -0.39 is 14.8 Å². The van der Waals surface area contributed by atoms with E-state index in [1.807, 2.05) is 30.3 Å². The van der Waals surface area contributed by atoms with Crippen LogP contribution >= 0.6 is 0 Å². The molecule has 1 saturated carbocycles. The van der Waals surface area contributed by atoms with Crippen LogP contribution in [-0.4, -0.2) is 38.3 Å². The molecule has 6 nitrogen and oxygen atoms in total. The van der Waals surface area contributed by atoms with Gasteiger partial charge in [0.05, 0.1) is 18.0 Å². The number of carbonyl (C=O) groups is 1. The molecule has 1 aromatic carbocycles. The van der Waals surface area contributed by atoms with Gasteiger partial charge in [-0.15, -0.1) is 0 Å². The van der Waals surface area contributed by atoms with E-state index in [4.69, 9.17) is 4.74 Å². The molecular weight excluding hydrogens is 364 g/mol. The summed E-state index contributed by atoms with van der Waals surface area (Å²) >= 11 is 0. The summed E-state index contributed by atoms with van der Waals surface area (Å²) in [4.78, 5) is 12.3. The highest BCUT2D eigenvalue weighted by molar-refractivity contribution is 7.90. The summed E-state index contributed by atoms with van der Waals surface area (Å²) in [6.45, 7) is 6.57. The summed E-state index contributed by atoms with van der Waals surface area (Å²) < 4.78 is 32.0. The molecule has 1 aliphatic rings. The molecule has 0 aromatic heterocycles. The first-order valence-corrected chi connectivity index (χ1v) is 11.1. The van der Waals surface area contributed by atoms with Crippen LogP contribution in [0.15, 0.2) is 30.3 Å². The minimum Gasteiger partial charge on any atom is -0.375 e. The Balaban J connectivity index is 1.63. The molecule has 0 atom stereocenters. The van der Waals surface area contributed by atoms with E-state index in [9.17, 15) is 13.2 Å². The number of ether oxygens (including phenoxy) is 1. The van der Waals surface area contributed by atoms with Crippen LogP contribution in [0.1, 0.15) is 52.0 Å². The Hall–Kier alpha value is -1.44. The molecule has 0 radical (unpaired) electrons. The molecule has 152 valence electrons. The van der Waals surface area contributed by atoms with Crippen molar-refractivity contribution in [1.29, 1.82) is 0 Å².